The zero-order valence-electron chi connectivity index (χ0n) is 11.0. The molecule has 0 heterocycles. The SMILES string of the molecule is CCC(C)CC(NC)c1ccccc1C(F)(F)F. The summed E-state index contributed by atoms with van der Waals surface area (Å²) in [5, 5.41) is 3.00. The molecule has 2 unspecified atom stereocenters. The average Bonchev–Trinajstić information content (AvgIpc) is 2.34. The molecule has 0 aliphatic rings. The lowest BCUT2D eigenvalue weighted by molar-refractivity contribution is -0.138. The molecule has 1 nitrogen and oxygen atoms in total. The van der Waals surface area contributed by atoms with Crippen molar-refractivity contribution in [3.8, 4) is 0 Å². The lowest BCUT2D eigenvalue weighted by Gasteiger charge is -2.23. The van der Waals surface area contributed by atoms with E-state index in [2.05, 4.69) is 12.2 Å². The smallest absolute Gasteiger partial charge is 0.313 e. The highest BCUT2D eigenvalue weighted by molar-refractivity contribution is 5.32. The number of rotatable bonds is 5. The summed E-state index contributed by atoms with van der Waals surface area (Å²) in [5.41, 5.74) is -0.194. The van der Waals surface area contributed by atoms with E-state index in [0.717, 1.165) is 12.5 Å². The number of benzene rings is 1. The third-order valence-electron chi connectivity index (χ3n) is 3.33. The predicted octanol–water partition coefficient (Wildman–Crippen LogP) is 4.40. The van der Waals surface area contributed by atoms with Gasteiger partial charge in [0.25, 0.3) is 0 Å². The van der Waals surface area contributed by atoms with Gasteiger partial charge in [0.2, 0.25) is 0 Å². The first-order valence-corrected chi connectivity index (χ1v) is 6.23. The van der Waals surface area contributed by atoms with Gasteiger partial charge in [-0.15, -0.1) is 0 Å². The highest BCUT2D eigenvalue weighted by Gasteiger charge is 2.34. The van der Waals surface area contributed by atoms with Crippen LogP contribution in [0.25, 0.3) is 0 Å². The zero-order valence-corrected chi connectivity index (χ0v) is 11.0. The lowest BCUT2D eigenvalue weighted by Crippen LogP contribution is -2.22. The summed E-state index contributed by atoms with van der Waals surface area (Å²) < 4.78 is 38.8. The van der Waals surface area contributed by atoms with Crippen LogP contribution in [0.2, 0.25) is 0 Å². The van der Waals surface area contributed by atoms with Gasteiger partial charge in [0.05, 0.1) is 5.56 Å². The Labute approximate surface area is 106 Å². The Kier molecular flexibility index (Phi) is 5.20. The van der Waals surface area contributed by atoms with Crippen LogP contribution >= 0.6 is 0 Å². The standard InChI is InChI=1S/C14H20F3N/c1-4-10(2)9-13(18-3)11-7-5-6-8-12(11)14(15,16)17/h5-8,10,13,18H,4,9H2,1-3H3. The average molecular weight is 259 g/mol. The Hall–Kier alpha value is -1.03. The van der Waals surface area contributed by atoms with Crippen LogP contribution in [0.4, 0.5) is 13.2 Å². The van der Waals surface area contributed by atoms with E-state index >= 15 is 0 Å². The molecule has 0 bridgehead atoms. The summed E-state index contributed by atoms with van der Waals surface area (Å²) in [6.07, 6.45) is -2.62. The van der Waals surface area contributed by atoms with Crippen molar-refractivity contribution < 1.29 is 13.2 Å². The summed E-state index contributed by atoms with van der Waals surface area (Å²) in [7, 11) is 1.71. The second kappa shape index (κ2) is 6.23. The molecule has 0 radical (unpaired) electrons. The van der Waals surface area contributed by atoms with E-state index in [-0.39, 0.29) is 6.04 Å². The van der Waals surface area contributed by atoms with Crippen molar-refractivity contribution in [2.24, 2.45) is 5.92 Å². The van der Waals surface area contributed by atoms with Crippen LogP contribution in [0.15, 0.2) is 24.3 Å². The molecule has 4 heteroatoms. The van der Waals surface area contributed by atoms with Gasteiger partial charge in [-0.05, 0) is 31.0 Å². The monoisotopic (exact) mass is 259 g/mol. The Morgan fingerprint density at radius 3 is 2.33 bits per heavy atom. The van der Waals surface area contributed by atoms with Crippen LogP contribution in [-0.4, -0.2) is 7.05 Å². The molecular weight excluding hydrogens is 239 g/mol. The fraction of sp³-hybridized carbons (Fsp3) is 0.571. The zero-order chi connectivity index (χ0) is 13.8. The van der Waals surface area contributed by atoms with Gasteiger partial charge in [0, 0.05) is 6.04 Å². The topological polar surface area (TPSA) is 12.0 Å². The third kappa shape index (κ3) is 3.73. The Balaban J connectivity index is 3.06. The summed E-state index contributed by atoms with van der Waals surface area (Å²) in [6, 6.07) is 5.55. The Bertz CT molecular complexity index is 374. The van der Waals surface area contributed by atoms with Gasteiger partial charge in [-0.1, -0.05) is 38.5 Å². The van der Waals surface area contributed by atoms with Crippen LogP contribution in [0.3, 0.4) is 0 Å². The molecule has 18 heavy (non-hydrogen) atoms. The molecular formula is C14H20F3N. The van der Waals surface area contributed by atoms with Gasteiger partial charge in [-0.2, -0.15) is 13.2 Å². The first kappa shape index (κ1) is 15.0. The van der Waals surface area contributed by atoms with Crippen LogP contribution in [-0.2, 0) is 6.18 Å². The predicted molar refractivity (Wildman–Crippen MR) is 67.3 cm³/mol. The summed E-state index contributed by atoms with van der Waals surface area (Å²) in [4.78, 5) is 0. The number of nitrogens with one attached hydrogen (secondary N) is 1. The highest BCUT2D eigenvalue weighted by Crippen LogP contribution is 2.36. The molecule has 0 fully saturated rings. The fourth-order valence-corrected chi connectivity index (χ4v) is 2.03. The van der Waals surface area contributed by atoms with Gasteiger partial charge in [-0.3, -0.25) is 0 Å². The quantitative estimate of drug-likeness (QED) is 0.826. The van der Waals surface area contributed by atoms with Crippen molar-refractivity contribution in [2.45, 2.75) is 38.9 Å². The maximum atomic E-state index is 12.9. The van der Waals surface area contributed by atoms with Crippen molar-refractivity contribution >= 4 is 0 Å². The van der Waals surface area contributed by atoms with Crippen molar-refractivity contribution in [3.05, 3.63) is 35.4 Å². The normalized spacial score (nSPS) is 15.4. The third-order valence-corrected chi connectivity index (χ3v) is 3.33. The second-order valence-corrected chi connectivity index (χ2v) is 4.68. The van der Waals surface area contributed by atoms with Crippen molar-refractivity contribution in [1.29, 1.82) is 0 Å². The molecule has 1 N–H and O–H groups in total. The van der Waals surface area contributed by atoms with Crippen molar-refractivity contribution in [2.75, 3.05) is 7.05 Å². The minimum Gasteiger partial charge on any atom is -0.313 e. The minimum atomic E-state index is -4.29. The van der Waals surface area contributed by atoms with Gasteiger partial charge in [0.15, 0.2) is 0 Å². The van der Waals surface area contributed by atoms with Gasteiger partial charge >= 0.3 is 6.18 Å². The number of hydrogen-bond donors (Lipinski definition) is 1. The molecule has 0 amide bonds. The molecule has 2 atom stereocenters. The maximum Gasteiger partial charge on any atom is 0.416 e. The van der Waals surface area contributed by atoms with Gasteiger partial charge in [0.1, 0.15) is 0 Å². The first-order valence-electron chi connectivity index (χ1n) is 6.23. The van der Waals surface area contributed by atoms with Crippen LogP contribution in [0, 0.1) is 5.92 Å². The molecule has 0 saturated carbocycles. The molecule has 0 saturated heterocycles. The van der Waals surface area contributed by atoms with E-state index in [1.165, 1.54) is 6.07 Å². The van der Waals surface area contributed by atoms with Gasteiger partial charge in [-0.25, -0.2) is 0 Å². The van der Waals surface area contributed by atoms with Crippen LogP contribution in [0.1, 0.15) is 43.9 Å². The van der Waals surface area contributed by atoms with E-state index in [0.29, 0.717) is 17.9 Å². The van der Waals surface area contributed by atoms with E-state index in [1.807, 2.05) is 6.92 Å². The largest absolute Gasteiger partial charge is 0.416 e. The van der Waals surface area contributed by atoms with E-state index in [1.54, 1.807) is 19.2 Å². The number of alkyl halides is 3. The van der Waals surface area contributed by atoms with Crippen molar-refractivity contribution in [3.63, 3.8) is 0 Å². The molecule has 0 aliphatic carbocycles. The van der Waals surface area contributed by atoms with E-state index < -0.39 is 11.7 Å². The second-order valence-electron chi connectivity index (χ2n) is 4.68. The molecule has 0 aromatic heterocycles. The Morgan fingerprint density at radius 1 is 1.22 bits per heavy atom. The van der Waals surface area contributed by atoms with Crippen LogP contribution < -0.4 is 5.32 Å². The first-order chi connectivity index (χ1) is 8.40. The van der Waals surface area contributed by atoms with E-state index in [9.17, 15) is 13.2 Å². The molecule has 0 aliphatic heterocycles. The summed E-state index contributed by atoms with van der Waals surface area (Å²) in [5.74, 6) is 0.392. The fourth-order valence-electron chi connectivity index (χ4n) is 2.03. The summed E-state index contributed by atoms with van der Waals surface area (Å²) in [6.45, 7) is 4.10. The maximum absolute atomic E-state index is 12.9. The van der Waals surface area contributed by atoms with Crippen molar-refractivity contribution in [1.82, 2.24) is 5.32 Å². The van der Waals surface area contributed by atoms with Crippen LogP contribution in [0.5, 0.6) is 0 Å². The lowest BCUT2D eigenvalue weighted by atomic mass is 9.91. The molecule has 1 aromatic carbocycles. The number of halogens is 3. The minimum absolute atomic E-state index is 0.252. The summed E-state index contributed by atoms with van der Waals surface area (Å²) >= 11 is 0. The Morgan fingerprint density at radius 2 is 1.83 bits per heavy atom. The molecule has 102 valence electrons. The molecule has 1 aromatic rings. The van der Waals surface area contributed by atoms with Gasteiger partial charge < -0.3 is 5.32 Å². The highest BCUT2D eigenvalue weighted by atomic mass is 19.4. The molecule has 0 spiro atoms. The number of hydrogen-bond acceptors (Lipinski definition) is 1. The molecule has 1 rings (SSSR count). The van der Waals surface area contributed by atoms with E-state index in [4.69, 9.17) is 0 Å².